The summed E-state index contributed by atoms with van der Waals surface area (Å²) in [7, 11) is 0. The van der Waals surface area contributed by atoms with Crippen LogP contribution in [0.4, 0.5) is 11.4 Å². The summed E-state index contributed by atoms with van der Waals surface area (Å²) in [6.07, 6.45) is 0. The van der Waals surface area contributed by atoms with E-state index < -0.39 is 0 Å². The van der Waals surface area contributed by atoms with Crippen LogP contribution >= 0.6 is 11.6 Å². The van der Waals surface area contributed by atoms with Crippen LogP contribution in [0.15, 0.2) is 65.1 Å². The highest BCUT2D eigenvalue weighted by Crippen LogP contribution is 2.25. The molecule has 0 atom stereocenters. The maximum atomic E-state index is 12.6. The van der Waals surface area contributed by atoms with Crippen LogP contribution in [-0.4, -0.2) is 42.9 Å². The van der Waals surface area contributed by atoms with Crippen molar-refractivity contribution >= 4 is 34.8 Å². The van der Waals surface area contributed by atoms with E-state index in [1.165, 1.54) is 0 Å². The van der Waals surface area contributed by atoms with E-state index in [1.54, 1.807) is 24.3 Å². The molecule has 1 aliphatic heterocycles. The smallest absolute Gasteiger partial charge is 0.291 e. The number of carbonyl (C=O) groups excluding carboxylic acids is 2. The fraction of sp³-hybridized carbons (Fsp3) is 0.280. The van der Waals surface area contributed by atoms with Crippen LogP contribution in [-0.2, 0) is 4.79 Å². The lowest BCUT2D eigenvalue weighted by atomic mass is 10.1. The van der Waals surface area contributed by atoms with Crippen molar-refractivity contribution in [3.05, 3.63) is 71.4 Å². The van der Waals surface area contributed by atoms with E-state index in [9.17, 15) is 9.59 Å². The third-order valence-corrected chi connectivity index (χ3v) is 5.79. The second-order valence-corrected chi connectivity index (χ2v) is 8.58. The number of hydrogen-bond donors (Lipinski definition) is 1. The summed E-state index contributed by atoms with van der Waals surface area (Å²) in [5, 5.41) is 3.52. The number of rotatable bonds is 5. The lowest BCUT2D eigenvalue weighted by Gasteiger charge is -2.37. The predicted molar refractivity (Wildman–Crippen MR) is 127 cm³/mol. The lowest BCUT2D eigenvalue weighted by molar-refractivity contribution is -0.134. The Hall–Kier alpha value is -3.25. The van der Waals surface area contributed by atoms with Crippen LogP contribution in [0.3, 0.4) is 0 Å². The van der Waals surface area contributed by atoms with E-state index in [4.69, 9.17) is 16.0 Å². The van der Waals surface area contributed by atoms with E-state index in [0.29, 0.717) is 16.5 Å². The molecule has 1 fully saturated rings. The molecule has 0 bridgehead atoms. The van der Waals surface area contributed by atoms with Crippen LogP contribution < -0.4 is 10.2 Å². The minimum Gasteiger partial charge on any atom is -0.451 e. The zero-order valence-corrected chi connectivity index (χ0v) is 18.9. The molecule has 0 aliphatic carbocycles. The van der Waals surface area contributed by atoms with Crippen LogP contribution in [0.1, 0.15) is 24.4 Å². The molecular weight excluding hydrogens is 426 g/mol. The van der Waals surface area contributed by atoms with Gasteiger partial charge in [-0.05, 0) is 60.7 Å². The van der Waals surface area contributed by atoms with Crippen molar-refractivity contribution in [2.75, 3.05) is 36.4 Å². The van der Waals surface area contributed by atoms with Crippen molar-refractivity contribution in [1.82, 2.24) is 4.90 Å². The molecule has 32 heavy (non-hydrogen) atoms. The molecule has 0 radical (unpaired) electrons. The fourth-order valence-corrected chi connectivity index (χ4v) is 3.85. The van der Waals surface area contributed by atoms with Gasteiger partial charge in [0.1, 0.15) is 5.76 Å². The first kappa shape index (κ1) is 22.0. The number of carbonyl (C=O) groups is 2. The molecule has 1 aliphatic rings. The van der Waals surface area contributed by atoms with Gasteiger partial charge in [-0.25, -0.2) is 0 Å². The van der Waals surface area contributed by atoms with Crippen molar-refractivity contribution in [2.45, 2.75) is 13.8 Å². The Morgan fingerprint density at radius 2 is 1.56 bits per heavy atom. The molecule has 6 nitrogen and oxygen atoms in total. The third-order valence-electron chi connectivity index (χ3n) is 5.53. The van der Waals surface area contributed by atoms with Gasteiger partial charge in [0.25, 0.3) is 5.91 Å². The first-order valence-corrected chi connectivity index (χ1v) is 11.1. The van der Waals surface area contributed by atoms with Crippen LogP contribution in [0.5, 0.6) is 0 Å². The molecule has 2 heterocycles. The minimum atomic E-state index is -0.307. The van der Waals surface area contributed by atoms with Gasteiger partial charge in [0.05, 0.1) is 0 Å². The van der Waals surface area contributed by atoms with Gasteiger partial charge in [-0.3, -0.25) is 9.59 Å². The molecule has 7 heteroatoms. The number of nitrogens with zero attached hydrogens (tertiary/aromatic N) is 2. The Bertz CT molecular complexity index is 1080. The summed E-state index contributed by atoms with van der Waals surface area (Å²) in [6.45, 7) is 6.91. The van der Waals surface area contributed by atoms with Crippen molar-refractivity contribution in [3.8, 4) is 11.3 Å². The maximum Gasteiger partial charge on any atom is 0.291 e. The molecule has 1 N–H and O–H groups in total. The molecular formula is C25H26ClN3O3. The SMILES string of the molecule is CC(C)C(=O)N1CCN(c2ccc(NC(=O)c3ccc(-c4ccc(Cl)cc4)o3)cc2)CC1. The van der Waals surface area contributed by atoms with Gasteiger partial charge in [0, 0.05) is 54.1 Å². The Morgan fingerprint density at radius 3 is 2.19 bits per heavy atom. The average molecular weight is 452 g/mol. The molecule has 1 saturated heterocycles. The molecule has 4 rings (SSSR count). The minimum absolute atomic E-state index is 0.0286. The third kappa shape index (κ3) is 4.97. The van der Waals surface area contributed by atoms with Crippen LogP contribution in [0.2, 0.25) is 5.02 Å². The fourth-order valence-electron chi connectivity index (χ4n) is 3.73. The molecule has 1 aromatic heterocycles. The van der Waals surface area contributed by atoms with E-state index in [1.807, 2.05) is 55.1 Å². The maximum absolute atomic E-state index is 12.6. The quantitative estimate of drug-likeness (QED) is 0.582. The highest BCUT2D eigenvalue weighted by atomic mass is 35.5. The summed E-state index contributed by atoms with van der Waals surface area (Å²) in [6, 6.07) is 18.4. The Morgan fingerprint density at radius 1 is 0.906 bits per heavy atom. The molecule has 166 valence electrons. The molecule has 2 aromatic carbocycles. The Balaban J connectivity index is 1.34. The number of benzene rings is 2. The zero-order valence-electron chi connectivity index (χ0n) is 18.2. The number of hydrogen-bond acceptors (Lipinski definition) is 4. The highest BCUT2D eigenvalue weighted by molar-refractivity contribution is 6.30. The van der Waals surface area contributed by atoms with E-state index in [0.717, 1.165) is 37.4 Å². The number of amides is 2. The van der Waals surface area contributed by atoms with E-state index in [2.05, 4.69) is 10.2 Å². The highest BCUT2D eigenvalue weighted by Gasteiger charge is 2.23. The van der Waals surface area contributed by atoms with Gasteiger partial charge in [-0.15, -0.1) is 0 Å². The monoisotopic (exact) mass is 451 g/mol. The molecule has 2 amide bonds. The molecule has 0 spiro atoms. The Kier molecular flexibility index (Phi) is 6.51. The van der Waals surface area contributed by atoms with Crippen LogP contribution in [0.25, 0.3) is 11.3 Å². The van der Waals surface area contributed by atoms with Gasteiger partial charge in [0.15, 0.2) is 5.76 Å². The summed E-state index contributed by atoms with van der Waals surface area (Å²) in [5.41, 5.74) is 2.62. The summed E-state index contributed by atoms with van der Waals surface area (Å²) in [4.78, 5) is 28.9. The van der Waals surface area contributed by atoms with Crippen molar-refractivity contribution in [2.24, 2.45) is 5.92 Å². The number of furan rings is 1. The zero-order chi connectivity index (χ0) is 22.7. The molecule has 0 unspecified atom stereocenters. The van der Waals surface area contributed by atoms with Crippen LogP contribution in [0, 0.1) is 5.92 Å². The second kappa shape index (κ2) is 9.49. The van der Waals surface area contributed by atoms with Crippen molar-refractivity contribution < 1.29 is 14.0 Å². The average Bonchev–Trinajstić information content (AvgIpc) is 3.30. The standard InChI is InChI=1S/C25H26ClN3O3/c1-17(2)25(31)29-15-13-28(14-16-29)21-9-7-20(8-10-21)27-24(30)23-12-11-22(32-23)18-3-5-19(26)6-4-18/h3-12,17H,13-16H2,1-2H3,(H,27,30). The number of anilines is 2. The first-order chi connectivity index (χ1) is 15.4. The van der Waals surface area contributed by atoms with Gasteiger partial charge >= 0.3 is 0 Å². The second-order valence-electron chi connectivity index (χ2n) is 8.14. The topological polar surface area (TPSA) is 65.8 Å². The number of piperazine rings is 1. The first-order valence-electron chi connectivity index (χ1n) is 10.7. The largest absolute Gasteiger partial charge is 0.451 e. The van der Waals surface area contributed by atoms with Crippen molar-refractivity contribution in [1.29, 1.82) is 0 Å². The van der Waals surface area contributed by atoms with E-state index in [-0.39, 0.29) is 23.5 Å². The molecule has 0 saturated carbocycles. The molecule has 3 aromatic rings. The van der Waals surface area contributed by atoms with Gasteiger partial charge < -0.3 is 19.5 Å². The summed E-state index contributed by atoms with van der Waals surface area (Å²) in [5.74, 6) is 0.779. The normalized spacial score (nSPS) is 14.0. The van der Waals surface area contributed by atoms with Gasteiger partial charge in [-0.2, -0.15) is 0 Å². The number of halogens is 1. The summed E-state index contributed by atoms with van der Waals surface area (Å²) >= 11 is 5.92. The van der Waals surface area contributed by atoms with Gasteiger partial charge in [0.2, 0.25) is 5.91 Å². The number of nitrogens with one attached hydrogen (secondary N) is 1. The lowest BCUT2D eigenvalue weighted by Crippen LogP contribution is -2.49. The van der Waals surface area contributed by atoms with Crippen molar-refractivity contribution in [3.63, 3.8) is 0 Å². The van der Waals surface area contributed by atoms with E-state index >= 15 is 0 Å². The van der Waals surface area contributed by atoms with Gasteiger partial charge in [-0.1, -0.05) is 25.4 Å². The summed E-state index contributed by atoms with van der Waals surface area (Å²) < 4.78 is 5.71. The predicted octanol–water partition coefficient (Wildman–Crippen LogP) is 5.16. The Labute approximate surface area is 192 Å².